The van der Waals surface area contributed by atoms with Crippen LogP contribution in [0.25, 0.3) is 0 Å². The fourth-order valence-corrected chi connectivity index (χ4v) is 1.76. The molecule has 86 valence electrons. The van der Waals surface area contributed by atoms with Crippen LogP contribution in [0.1, 0.15) is 5.56 Å². The number of hydrazine groups is 1. The zero-order chi connectivity index (χ0) is 10.6. The predicted molar refractivity (Wildman–Crippen MR) is 63.2 cm³/mol. The molecule has 0 aliphatic heterocycles. The van der Waals surface area contributed by atoms with Gasteiger partial charge in [-0.25, -0.2) is 13.1 Å². The number of benzene rings is 1. The summed E-state index contributed by atoms with van der Waals surface area (Å²) in [5.74, 6) is 5.15. The molecule has 0 unspecified atom stereocenters. The van der Waals surface area contributed by atoms with Crippen LogP contribution in [0.2, 0.25) is 0 Å². The maximum Gasteiger partial charge on any atom is 0.215 e. The lowest BCUT2D eigenvalue weighted by molar-refractivity contribution is 0.587. The van der Waals surface area contributed by atoms with E-state index in [0.717, 1.165) is 11.3 Å². The fraction of sp³-hybridized carbons (Fsp3) is 0.250. The zero-order valence-electron chi connectivity index (χ0n) is 8.23. The molecule has 0 amide bonds. The van der Waals surface area contributed by atoms with Crippen LogP contribution in [-0.4, -0.2) is 15.5 Å². The Labute approximate surface area is 95.5 Å². The molecule has 0 saturated heterocycles. The number of nitrogens with one attached hydrogen (secondary N) is 2. The van der Waals surface area contributed by atoms with E-state index < -0.39 is 10.0 Å². The van der Waals surface area contributed by atoms with E-state index in [4.69, 9.17) is 5.84 Å². The van der Waals surface area contributed by atoms with Crippen molar-refractivity contribution in [3.05, 3.63) is 29.8 Å². The Balaban J connectivity index is 0.00000196. The molecular weight excluding hydrogens is 238 g/mol. The van der Waals surface area contributed by atoms with Gasteiger partial charge < -0.3 is 5.43 Å². The number of anilines is 1. The first-order valence-corrected chi connectivity index (χ1v) is 5.69. The minimum absolute atomic E-state index is 0. The van der Waals surface area contributed by atoms with Crippen molar-refractivity contribution in [1.29, 1.82) is 0 Å². The van der Waals surface area contributed by atoms with Gasteiger partial charge in [-0.1, -0.05) is 12.1 Å². The highest BCUT2D eigenvalue weighted by molar-refractivity contribution is 7.88. The number of nitrogen functional groups attached to an aromatic ring is 1. The molecule has 0 atom stereocenters. The summed E-state index contributed by atoms with van der Waals surface area (Å²) in [5, 5.41) is 0. The van der Waals surface area contributed by atoms with Crippen molar-refractivity contribution in [3.63, 3.8) is 0 Å². The van der Waals surface area contributed by atoms with Gasteiger partial charge in [0, 0.05) is 5.69 Å². The van der Waals surface area contributed by atoms with Crippen LogP contribution in [0.5, 0.6) is 0 Å². The molecule has 1 rings (SSSR count). The Bertz CT molecular complexity index is 391. The summed E-state index contributed by atoms with van der Waals surface area (Å²) in [7, 11) is -1.80. The minimum Gasteiger partial charge on any atom is -0.324 e. The van der Waals surface area contributed by atoms with Gasteiger partial charge in [0.2, 0.25) is 10.0 Å². The summed E-state index contributed by atoms with van der Waals surface area (Å²) in [6.45, 7) is 0. The number of hydrogen-bond acceptors (Lipinski definition) is 4. The van der Waals surface area contributed by atoms with Crippen molar-refractivity contribution < 1.29 is 8.42 Å². The van der Waals surface area contributed by atoms with Gasteiger partial charge in [0.1, 0.15) is 0 Å². The molecule has 1 aromatic rings. The van der Waals surface area contributed by atoms with E-state index in [2.05, 4.69) is 10.1 Å². The summed E-state index contributed by atoms with van der Waals surface area (Å²) in [5.41, 5.74) is 3.93. The van der Waals surface area contributed by atoms with Crippen LogP contribution < -0.4 is 16.0 Å². The van der Waals surface area contributed by atoms with Crippen LogP contribution in [0.3, 0.4) is 0 Å². The molecule has 0 aliphatic rings. The summed E-state index contributed by atoms with van der Waals surface area (Å²) in [6, 6.07) is 6.87. The maximum absolute atomic E-state index is 11.2. The minimum atomic E-state index is -3.19. The van der Waals surface area contributed by atoms with Crippen LogP contribution in [0.15, 0.2) is 24.3 Å². The largest absolute Gasteiger partial charge is 0.324 e. The average Bonchev–Trinajstić information content (AvgIpc) is 2.19. The highest BCUT2D eigenvalue weighted by Crippen LogP contribution is 2.10. The molecule has 0 heterocycles. The van der Waals surface area contributed by atoms with E-state index in [-0.39, 0.29) is 18.2 Å². The predicted octanol–water partition coefficient (Wildman–Crippen LogP) is 0.443. The van der Waals surface area contributed by atoms with E-state index in [0.29, 0.717) is 0 Å². The molecule has 0 aliphatic carbocycles. The van der Waals surface area contributed by atoms with E-state index >= 15 is 0 Å². The summed E-state index contributed by atoms with van der Waals surface area (Å²) >= 11 is 0. The van der Waals surface area contributed by atoms with Gasteiger partial charge in [-0.2, -0.15) is 0 Å². The Kier molecular flexibility index (Phi) is 5.59. The van der Waals surface area contributed by atoms with E-state index in [1.807, 2.05) is 0 Å². The summed E-state index contributed by atoms with van der Waals surface area (Å²) in [6.07, 6.45) is 0. The third-order valence-corrected chi connectivity index (χ3v) is 3.12. The van der Waals surface area contributed by atoms with Gasteiger partial charge in [0.05, 0.1) is 5.75 Å². The first-order chi connectivity index (χ1) is 6.57. The fourth-order valence-electron chi connectivity index (χ4n) is 0.989. The highest BCUT2D eigenvalue weighted by atomic mass is 35.5. The van der Waals surface area contributed by atoms with E-state index in [9.17, 15) is 8.42 Å². The van der Waals surface area contributed by atoms with Gasteiger partial charge in [0.25, 0.3) is 0 Å². The van der Waals surface area contributed by atoms with Crippen molar-refractivity contribution in [2.45, 2.75) is 5.75 Å². The molecule has 5 nitrogen and oxygen atoms in total. The monoisotopic (exact) mass is 251 g/mol. The Morgan fingerprint density at radius 3 is 2.20 bits per heavy atom. The van der Waals surface area contributed by atoms with Gasteiger partial charge in [-0.3, -0.25) is 5.84 Å². The first kappa shape index (κ1) is 14.2. The topological polar surface area (TPSA) is 84.2 Å². The summed E-state index contributed by atoms with van der Waals surface area (Å²) in [4.78, 5) is 0. The number of sulfonamides is 1. The third kappa shape index (κ3) is 4.48. The van der Waals surface area contributed by atoms with E-state index in [1.165, 1.54) is 7.05 Å². The standard InChI is InChI=1S/C8H13N3O2S.ClH/c1-10-14(12,13)6-7-2-4-8(11-9)5-3-7;/h2-5,10-11H,6,9H2,1H3;1H. The lowest BCUT2D eigenvalue weighted by atomic mass is 10.2. The van der Waals surface area contributed by atoms with Crippen LogP contribution in [0, 0.1) is 0 Å². The van der Waals surface area contributed by atoms with Crippen molar-refractivity contribution in [2.75, 3.05) is 12.5 Å². The molecular formula is C8H14ClN3O2S. The number of nitrogens with two attached hydrogens (primary N) is 1. The lowest BCUT2D eigenvalue weighted by Crippen LogP contribution is -2.20. The first-order valence-electron chi connectivity index (χ1n) is 4.04. The molecule has 0 bridgehead atoms. The number of halogens is 1. The molecule has 0 radical (unpaired) electrons. The smallest absolute Gasteiger partial charge is 0.215 e. The van der Waals surface area contributed by atoms with Gasteiger partial charge in [0.15, 0.2) is 0 Å². The number of rotatable bonds is 4. The van der Waals surface area contributed by atoms with Crippen LogP contribution in [-0.2, 0) is 15.8 Å². The Morgan fingerprint density at radius 2 is 1.80 bits per heavy atom. The third-order valence-electron chi connectivity index (χ3n) is 1.79. The Hall–Kier alpha value is -0.820. The second-order valence-corrected chi connectivity index (χ2v) is 4.73. The average molecular weight is 252 g/mol. The maximum atomic E-state index is 11.2. The molecule has 0 fully saturated rings. The van der Waals surface area contributed by atoms with Crippen molar-refractivity contribution >= 4 is 28.1 Å². The molecule has 0 spiro atoms. The van der Waals surface area contributed by atoms with Crippen LogP contribution >= 0.6 is 12.4 Å². The van der Waals surface area contributed by atoms with Gasteiger partial charge in [-0.05, 0) is 24.7 Å². The highest BCUT2D eigenvalue weighted by Gasteiger charge is 2.07. The second kappa shape index (κ2) is 5.92. The van der Waals surface area contributed by atoms with Crippen molar-refractivity contribution in [3.8, 4) is 0 Å². The molecule has 15 heavy (non-hydrogen) atoms. The summed E-state index contributed by atoms with van der Waals surface area (Å²) < 4.78 is 24.6. The van der Waals surface area contributed by atoms with Crippen molar-refractivity contribution in [1.82, 2.24) is 4.72 Å². The van der Waals surface area contributed by atoms with E-state index in [1.54, 1.807) is 24.3 Å². The Morgan fingerprint density at radius 1 is 1.27 bits per heavy atom. The molecule has 0 aromatic heterocycles. The van der Waals surface area contributed by atoms with Crippen molar-refractivity contribution in [2.24, 2.45) is 5.84 Å². The molecule has 0 saturated carbocycles. The normalized spacial score (nSPS) is 10.5. The molecule has 7 heteroatoms. The quantitative estimate of drug-likeness (QED) is 0.536. The van der Waals surface area contributed by atoms with Gasteiger partial charge >= 0.3 is 0 Å². The zero-order valence-corrected chi connectivity index (χ0v) is 9.86. The molecule has 4 N–H and O–H groups in total. The number of hydrogen-bond donors (Lipinski definition) is 3. The lowest BCUT2D eigenvalue weighted by Gasteiger charge is -2.04. The molecule has 1 aromatic carbocycles. The van der Waals surface area contributed by atoms with Gasteiger partial charge in [-0.15, -0.1) is 12.4 Å². The van der Waals surface area contributed by atoms with Crippen LogP contribution in [0.4, 0.5) is 5.69 Å². The second-order valence-electron chi connectivity index (χ2n) is 2.80. The SMILES string of the molecule is CNS(=O)(=O)Cc1ccc(NN)cc1.Cl.